The largest absolute Gasteiger partial charge is 0.449 e. The number of imidazole rings is 1. The number of anilines is 2. The Labute approximate surface area is 213 Å². The number of aromatic amines is 1. The predicted octanol–water partition coefficient (Wildman–Crippen LogP) is 4.80. The van der Waals surface area contributed by atoms with Crippen LogP contribution in [0.2, 0.25) is 0 Å². The fraction of sp³-hybridized carbons (Fsp3) is 0.154. The van der Waals surface area contributed by atoms with Crippen molar-refractivity contribution in [2.24, 2.45) is 10.9 Å². The lowest BCUT2D eigenvalue weighted by molar-refractivity contribution is -0.144. The number of alkyl halides is 3. The number of benzene rings is 2. The van der Waals surface area contributed by atoms with Crippen molar-refractivity contribution in [2.45, 2.75) is 19.3 Å². The van der Waals surface area contributed by atoms with E-state index in [-0.39, 0.29) is 34.9 Å². The third-order valence-corrected chi connectivity index (χ3v) is 6.08. The van der Waals surface area contributed by atoms with Crippen molar-refractivity contribution in [1.29, 1.82) is 0 Å². The molecular weight excluding hydrogens is 504 g/mol. The number of dihydropyridines is 1. The number of hydrogen-bond acceptors (Lipinski definition) is 5. The summed E-state index contributed by atoms with van der Waals surface area (Å²) in [5, 5.41) is 8.40. The smallest absolute Gasteiger partial charge is 0.369 e. The van der Waals surface area contributed by atoms with Crippen molar-refractivity contribution in [3.05, 3.63) is 89.3 Å². The molecule has 1 aromatic heterocycles. The normalized spacial score (nSPS) is 18.0. The third kappa shape index (κ3) is 4.92. The number of nitrogens with zero attached hydrogens (tertiary/aromatic N) is 2. The maximum atomic E-state index is 13.4. The highest BCUT2D eigenvalue weighted by molar-refractivity contribution is 6.08. The van der Waals surface area contributed by atoms with Gasteiger partial charge in [0, 0.05) is 40.8 Å². The SMILES string of the molecule is Cc1ccc(NC(=O)c2[nH]c(C(F)(F)F)nc2-c2ccc(F)cc2)cc1NC(=O)C1=CNC2N=CC=CC12. The molecule has 0 saturated carbocycles. The Bertz CT molecular complexity index is 1500. The van der Waals surface area contributed by atoms with Gasteiger partial charge in [-0.3, -0.25) is 14.6 Å². The first-order valence-corrected chi connectivity index (χ1v) is 11.4. The molecule has 2 aliphatic rings. The molecule has 0 saturated heterocycles. The Balaban J connectivity index is 1.38. The first kappa shape index (κ1) is 24.9. The van der Waals surface area contributed by atoms with Crippen LogP contribution in [-0.4, -0.2) is 34.2 Å². The predicted molar refractivity (Wildman–Crippen MR) is 133 cm³/mol. The summed E-state index contributed by atoms with van der Waals surface area (Å²) in [6.45, 7) is 1.76. The molecule has 2 aliphatic heterocycles. The van der Waals surface area contributed by atoms with Crippen LogP contribution in [0.3, 0.4) is 0 Å². The molecule has 8 nitrogen and oxygen atoms in total. The van der Waals surface area contributed by atoms with Gasteiger partial charge in [-0.15, -0.1) is 0 Å². The molecule has 3 heterocycles. The van der Waals surface area contributed by atoms with Gasteiger partial charge in [-0.1, -0.05) is 12.1 Å². The average molecular weight is 524 g/mol. The van der Waals surface area contributed by atoms with Crippen LogP contribution in [0, 0.1) is 18.7 Å². The zero-order valence-corrected chi connectivity index (χ0v) is 19.7. The third-order valence-electron chi connectivity index (χ3n) is 6.08. The number of amides is 2. The van der Waals surface area contributed by atoms with Gasteiger partial charge in [-0.2, -0.15) is 13.2 Å². The molecule has 3 aromatic rings. The first-order valence-electron chi connectivity index (χ1n) is 11.4. The Hall–Kier alpha value is -4.74. The van der Waals surface area contributed by atoms with Crippen LogP contribution in [0.25, 0.3) is 11.3 Å². The number of aromatic nitrogens is 2. The van der Waals surface area contributed by atoms with Crippen molar-refractivity contribution in [2.75, 3.05) is 10.6 Å². The summed E-state index contributed by atoms with van der Waals surface area (Å²) in [7, 11) is 0. The summed E-state index contributed by atoms with van der Waals surface area (Å²) in [6, 6.07) is 9.26. The lowest BCUT2D eigenvalue weighted by atomic mass is 9.97. The molecule has 38 heavy (non-hydrogen) atoms. The molecule has 2 atom stereocenters. The molecule has 0 aliphatic carbocycles. The number of carbonyl (C=O) groups excluding carboxylic acids is 2. The summed E-state index contributed by atoms with van der Waals surface area (Å²) in [5.74, 6) is -3.44. The zero-order valence-electron chi connectivity index (χ0n) is 19.7. The van der Waals surface area contributed by atoms with E-state index in [0.29, 0.717) is 16.8 Å². The van der Waals surface area contributed by atoms with E-state index in [2.05, 4.69) is 25.9 Å². The maximum absolute atomic E-state index is 13.4. The summed E-state index contributed by atoms with van der Waals surface area (Å²) >= 11 is 0. The van der Waals surface area contributed by atoms with Gasteiger partial charge in [0.1, 0.15) is 23.4 Å². The number of aryl methyl sites for hydroxylation is 1. The molecule has 0 spiro atoms. The molecule has 0 bridgehead atoms. The van der Waals surface area contributed by atoms with Gasteiger partial charge >= 0.3 is 6.18 Å². The summed E-state index contributed by atoms with van der Waals surface area (Å²) in [4.78, 5) is 35.9. The molecule has 194 valence electrons. The molecule has 2 amide bonds. The maximum Gasteiger partial charge on any atom is 0.449 e. The van der Waals surface area contributed by atoms with Crippen molar-refractivity contribution in [1.82, 2.24) is 15.3 Å². The van der Waals surface area contributed by atoms with Crippen molar-refractivity contribution in [3.8, 4) is 11.3 Å². The number of allylic oxidation sites excluding steroid dienone is 1. The summed E-state index contributed by atoms with van der Waals surface area (Å²) in [5.41, 5.74) is 1.20. The topological polar surface area (TPSA) is 111 Å². The van der Waals surface area contributed by atoms with Gasteiger partial charge in [-0.25, -0.2) is 9.37 Å². The minimum Gasteiger partial charge on any atom is -0.369 e. The minimum absolute atomic E-state index is 0.123. The second kappa shape index (κ2) is 9.61. The molecule has 2 unspecified atom stereocenters. The highest BCUT2D eigenvalue weighted by atomic mass is 19.4. The Morgan fingerprint density at radius 1 is 1.03 bits per heavy atom. The monoisotopic (exact) mass is 524 g/mol. The standard InChI is InChI=1S/C26H20F4N6O2/c1-13-4-9-16(11-19(13)34-23(37)18-12-32-22-17(18)3-2-10-31-22)33-24(38)21-20(14-5-7-15(27)8-6-14)35-25(36-21)26(28,29)30/h2-12,17,22,32H,1H3,(H,33,38)(H,34,37)(H,35,36). The number of aliphatic imine (C=N–C) groups is 1. The number of H-pyrrole nitrogens is 1. The first-order chi connectivity index (χ1) is 18.1. The highest BCUT2D eigenvalue weighted by Gasteiger charge is 2.37. The highest BCUT2D eigenvalue weighted by Crippen LogP contribution is 2.32. The van der Waals surface area contributed by atoms with Crippen LogP contribution < -0.4 is 16.0 Å². The van der Waals surface area contributed by atoms with Crippen molar-refractivity contribution >= 4 is 29.4 Å². The summed E-state index contributed by atoms with van der Waals surface area (Å²) in [6.07, 6.45) is 1.79. The Kier molecular flexibility index (Phi) is 6.31. The molecule has 12 heteroatoms. The second-order valence-electron chi connectivity index (χ2n) is 8.67. The van der Waals surface area contributed by atoms with Gasteiger partial charge in [0.05, 0.1) is 0 Å². The van der Waals surface area contributed by atoms with E-state index in [9.17, 15) is 27.2 Å². The molecular formula is C26H20F4N6O2. The number of halogens is 4. The van der Waals surface area contributed by atoms with E-state index in [1.54, 1.807) is 37.5 Å². The molecule has 0 fully saturated rings. The fourth-order valence-electron chi connectivity index (χ4n) is 4.13. The van der Waals surface area contributed by atoms with Gasteiger partial charge in [0.2, 0.25) is 5.82 Å². The van der Waals surface area contributed by atoms with Crippen LogP contribution in [-0.2, 0) is 11.0 Å². The van der Waals surface area contributed by atoms with E-state index < -0.39 is 29.4 Å². The fourth-order valence-corrected chi connectivity index (χ4v) is 4.13. The number of rotatable bonds is 5. The zero-order chi connectivity index (χ0) is 27.0. The van der Waals surface area contributed by atoms with E-state index >= 15 is 0 Å². The number of nitrogens with one attached hydrogen (secondary N) is 4. The van der Waals surface area contributed by atoms with Crippen molar-refractivity contribution in [3.63, 3.8) is 0 Å². The van der Waals surface area contributed by atoms with Crippen LogP contribution in [0.5, 0.6) is 0 Å². The number of fused-ring (bicyclic) bond motifs is 1. The van der Waals surface area contributed by atoms with Crippen LogP contribution in [0.4, 0.5) is 28.9 Å². The minimum atomic E-state index is -4.84. The lowest BCUT2D eigenvalue weighted by Crippen LogP contribution is -2.28. The lowest BCUT2D eigenvalue weighted by Gasteiger charge is -2.18. The van der Waals surface area contributed by atoms with E-state index in [1.807, 2.05) is 11.1 Å². The average Bonchev–Trinajstić information content (AvgIpc) is 3.52. The van der Waals surface area contributed by atoms with Gasteiger partial charge in [-0.05, 0) is 55.0 Å². The molecule has 4 N–H and O–H groups in total. The van der Waals surface area contributed by atoms with Crippen LogP contribution in [0.15, 0.2) is 71.4 Å². The Morgan fingerprint density at radius 3 is 2.53 bits per heavy atom. The number of carbonyl (C=O) groups is 2. The van der Waals surface area contributed by atoms with Crippen LogP contribution >= 0.6 is 0 Å². The second-order valence-corrected chi connectivity index (χ2v) is 8.67. The van der Waals surface area contributed by atoms with Gasteiger partial charge in [0.15, 0.2) is 0 Å². The van der Waals surface area contributed by atoms with E-state index in [4.69, 9.17) is 0 Å². The molecule has 2 aromatic carbocycles. The Morgan fingerprint density at radius 2 is 1.79 bits per heavy atom. The van der Waals surface area contributed by atoms with Gasteiger partial charge in [0.25, 0.3) is 11.8 Å². The molecule has 5 rings (SSSR count). The van der Waals surface area contributed by atoms with E-state index in [1.165, 1.54) is 18.2 Å². The summed E-state index contributed by atoms with van der Waals surface area (Å²) < 4.78 is 53.4. The number of hydrogen-bond donors (Lipinski definition) is 4. The quantitative estimate of drug-likeness (QED) is 0.359. The van der Waals surface area contributed by atoms with Gasteiger partial charge < -0.3 is 20.9 Å². The van der Waals surface area contributed by atoms with E-state index in [0.717, 1.165) is 12.1 Å². The van der Waals surface area contributed by atoms with Crippen LogP contribution in [0.1, 0.15) is 21.9 Å². The molecule has 0 radical (unpaired) electrons. The van der Waals surface area contributed by atoms with Crippen molar-refractivity contribution < 1.29 is 27.2 Å².